The zero-order valence-corrected chi connectivity index (χ0v) is 10.5. The molecular weight excluding hydrogens is 240 g/mol. The van der Waals surface area contributed by atoms with Crippen molar-refractivity contribution in [2.75, 3.05) is 11.9 Å². The molecule has 0 aliphatic heterocycles. The van der Waals surface area contributed by atoms with Crippen LogP contribution in [0.15, 0.2) is 43.0 Å². The van der Waals surface area contributed by atoms with Gasteiger partial charge < -0.3 is 15.2 Å². The molecule has 0 saturated heterocycles. The number of carbonyl (C=O) groups is 1. The molecule has 1 saturated carbocycles. The van der Waals surface area contributed by atoms with E-state index in [-0.39, 0.29) is 5.91 Å². The first kappa shape index (κ1) is 11.9. The van der Waals surface area contributed by atoms with E-state index in [0.717, 1.165) is 11.4 Å². The number of anilines is 1. The summed E-state index contributed by atoms with van der Waals surface area (Å²) < 4.78 is 1.88. The average molecular weight is 256 g/mol. The number of rotatable bonds is 5. The largest absolute Gasteiger partial charge is 0.323 e. The Balaban J connectivity index is 1.71. The minimum Gasteiger partial charge on any atom is -0.323 e. The minimum atomic E-state index is -0.0144. The molecule has 1 aromatic heterocycles. The van der Waals surface area contributed by atoms with Crippen LogP contribution in [-0.4, -0.2) is 28.0 Å². The van der Waals surface area contributed by atoms with Gasteiger partial charge in [0.1, 0.15) is 0 Å². The zero-order valence-electron chi connectivity index (χ0n) is 10.5. The van der Waals surface area contributed by atoms with Crippen LogP contribution in [0.25, 0.3) is 5.69 Å². The van der Waals surface area contributed by atoms with Crippen molar-refractivity contribution in [1.82, 2.24) is 14.9 Å². The first-order valence-electron chi connectivity index (χ1n) is 6.43. The average Bonchev–Trinajstić information content (AvgIpc) is 3.10. The summed E-state index contributed by atoms with van der Waals surface area (Å²) in [5.41, 5.74) is 1.71. The molecule has 0 spiro atoms. The third kappa shape index (κ3) is 3.00. The summed E-state index contributed by atoms with van der Waals surface area (Å²) in [6.45, 7) is 0.364. The van der Waals surface area contributed by atoms with Crippen LogP contribution in [0.5, 0.6) is 0 Å². The molecule has 1 amide bonds. The van der Waals surface area contributed by atoms with Crippen molar-refractivity contribution in [3.8, 4) is 5.69 Å². The summed E-state index contributed by atoms with van der Waals surface area (Å²) in [4.78, 5) is 15.9. The van der Waals surface area contributed by atoms with Gasteiger partial charge in [0.05, 0.1) is 24.2 Å². The number of nitrogens with one attached hydrogen (secondary N) is 2. The number of imidazole rings is 1. The van der Waals surface area contributed by atoms with Gasteiger partial charge in [-0.25, -0.2) is 4.98 Å². The second-order valence-electron chi connectivity index (χ2n) is 4.69. The van der Waals surface area contributed by atoms with Crippen molar-refractivity contribution < 1.29 is 4.79 Å². The molecule has 1 aliphatic rings. The van der Waals surface area contributed by atoms with E-state index in [2.05, 4.69) is 15.6 Å². The molecule has 3 rings (SSSR count). The lowest BCUT2D eigenvalue weighted by atomic mass is 10.2. The van der Waals surface area contributed by atoms with Gasteiger partial charge >= 0.3 is 0 Å². The lowest BCUT2D eigenvalue weighted by Gasteiger charge is -2.11. The lowest BCUT2D eigenvalue weighted by molar-refractivity contribution is -0.115. The van der Waals surface area contributed by atoms with Crippen LogP contribution in [0.2, 0.25) is 0 Å². The zero-order chi connectivity index (χ0) is 13.1. The van der Waals surface area contributed by atoms with E-state index in [1.165, 1.54) is 12.8 Å². The molecular formula is C14H16N4O. The van der Waals surface area contributed by atoms with Crippen LogP contribution in [0.3, 0.4) is 0 Å². The number of carbonyl (C=O) groups excluding carboxylic acids is 1. The fourth-order valence-corrected chi connectivity index (χ4v) is 1.93. The molecule has 2 aromatic rings. The number of amides is 1. The molecule has 19 heavy (non-hydrogen) atoms. The second kappa shape index (κ2) is 5.24. The number of para-hydroxylation sites is 2. The first-order valence-corrected chi connectivity index (χ1v) is 6.43. The van der Waals surface area contributed by atoms with Crippen molar-refractivity contribution in [1.29, 1.82) is 0 Å². The number of benzene rings is 1. The van der Waals surface area contributed by atoms with Crippen LogP contribution in [0.4, 0.5) is 5.69 Å². The maximum Gasteiger partial charge on any atom is 0.238 e. The Labute approximate surface area is 111 Å². The Bertz CT molecular complexity index is 561. The molecule has 5 heteroatoms. The molecule has 1 heterocycles. The third-order valence-electron chi connectivity index (χ3n) is 3.09. The molecule has 0 unspecified atom stereocenters. The van der Waals surface area contributed by atoms with Crippen molar-refractivity contribution in [3.63, 3.8) is 0 Å². The molecule has 1 aliphatic carbocycles. The van der Waals surface area contributed by atoms with Gasteiger partial charge in [0.15, 0.2) is 0 Å². The van der Waals surface area contributed by atoms with E-state index >= 15 is 0 Å². The van der Waals surface area contributed by atoms with Crippen molar-refractivity contribution in [2.24, 2.45) is 0 Å². The maximum absolute atomic E-state index is 11.9. The minimum absolute atomic E-state index is 0.0144. The van der Waals surface area contributed by atoms with Gasteiger partial charge in [-0.15, -0.1) is 0 Å². The molecule has 5 nitrogen and oxygen atoms in total. The van der Waals surface area contributed by atoms with Gasteiger partial charge in [0, 0.05) is 18.4 Å². The Kier molecular flexibility index (Phi) is 3.29. The summed E-state index contributed by atoms with van der Waals surface area (Å²) in [6.07, 6.45) is 7.64. The van der Waals surface area contributed by atoms with E-state index in [9.17, 15) is 4.79 Å². The standard InChI is InChI=1S/C14H16N4O/c19-14(9-16-11-5-6-11)17-12-3-1-2-4-13(12)18-8-7-15-10-18/h1-4,7-8,10-11,16H,5-6,9H2,(H,17,19). The molecule has 98 valence electrons. The lowest BCUT2D eigenvalue weighted by Crippen LogP contribution is -2.29. The number of hydrogen-bond donors (Lipinski definition) is 2. The molecule has 1 aromatic carbocycles. The summed E-state index contributed by atoms with van der Waals surface area (Å²) in [5, 5.41) is 6.13. The first-order chi connectivity index (χ1) is 9.33. The number of aromatic nitrogens is 2. The molecule has 0 radical (unpaired) electrons. The monoisotopic (exact) mass is 256 g/mol. The fraction of sp³-hybridized carbons (Fsp3) is 0.286. The van der Waals surface area contributed by atoms with Gasteiger partial charge in [-0.3, -0.25) is 4.79 Å². The van der Waals surface area contributed by atoms with Crippen molar-refractivity contribution >= 4 is 11.6 Å². The van der Waals surface area contributed by atoms with Gasteiger partial charge in [0.25, 0.3) is 0 Å². The van der Waals surface area contributed by atoms with E-state index in [1.54, 1.807) is 12.5 Å². The highest BCUT2D eigenvalue weighted by atomic mass is 16.1. The molecule has 1 fully saturated rings. The number of hydrogen-bond acceptors (Lipinski definition) is 3. The van der Waals surface area contributed by atoms with Crippen LogP contribution in [0, 0.1) is 0 Å². The predicted molar refractivity (Wildman–Crippen MR) is 73.2 cm³/mol. The summed E-state index contributed by atoms with van der Waals surface area (Å²) in [5.74, 6) is -0.0144. The third-order valence-corrected chi connectivity index (χ3v) is 3.09. The van der Waals surface area contributed by atoms with Gasteiger partial charge in [0.2, 0.25) is 5.91 Å². The maximum atomic E-state index is 11.9. The van der Waals surface area contributed by atoms with E-state index < -0.39 is 0 Å². The van der Waals surface area contributed by atoms with E-state index in [4.69, 9.17) is 0 Å². The smallest absolute Gasteiger partial charge is 0.238 e. The highest BCUT2D eigenvalue weighted by molar-refractivity contribution is 5.94. The SMILES string of the molecule is O=C(CNC1CC1)Nc1ccccc1-n1ccnc1. The fourth-order valence-electron chi connectivity index (χ4n) is 1.93. The van der Waals surface area contributed by atoms with Crippen LogP contribution < -0.4 is 10.6 Å². The van der Waals surface area contributed by atoms with Gasteiger partial charge in [-0.05, 0) is 25.0 Å². The quantitative estimate of drug-likeness (QED) is 0.853. The highest BCUT2D eigenvalue weighted by Crippen LogP contribution is 2.20. The van der Waals surface area contributed by atoms with Gasteiger partial charge in [-0.1, -0.05) is 12.1 Å². The van der Waals surface area contributed by atoms with Gasteiger partial charge in [-0.2, -0.15) is 0 Å². The topological polar surface area (TPSA) is 59.0 Å². The van der Waals surface area contributed by atoms with E-state index in [1.807, 2.05) is 35.0 Å². The summed E-state index contributed by atoms with van der Waals surface area (Å²) in [6, 6.07) is 8.22. The molecule has 0 bridgehead atoms. The van der Waals surface area contributed by atoms with Crippen LogP contribution >= 0.6 is 0 Å². The van der Waals surface area contributed by atoms with E-state index in [0.29, 0.717) is 12.6 Å². The second-order valence-corrected chi connectivity index (χ2v) is 4.69. The summed E-state index contributed by atoms with van der Waals surface area (Å²) >= 11 is 0. The van der Waals surface area contributed by atoms with Crippen LogP contribution in [0.1, 0.15) is 12.8 Å². The van der Waals surface area contributed by atoms with Crippen molar-refractivity contribution in [2.45, 2.75) is 18.9 Å². The Morgan fingerprint density at radius 2 is 2.21 bits per heavy atom. The Hall–Kier alpha value is -2.14. The normalized spacial score (nSPS) is 14.3. The Morgan fingerprint density at radius 1 is 1.37 bits per heavy atom. The summed E-state index contributed by atoms with van der Waals surface area (Å²) in [7, 11) is 0. The Morgan fingerprint density at radius 3 is 2.95 bits per heavy atom. The van der Waals surface area contributed by atoms with Crippen LogP contribution in [-0.2, 0) is 4.79 Å². The van der Waals surface area contributed by atoms with Crippen molar-refractivity contribution in [3.05, 3.63) is 43.0 Å². The number of nitrogens with zero attached hydrogens (tertiary/aromatic N) is 2. The highest BCUT2D eigenvalue weighted by Gasteiger charge is 2.21. The molecule has 0 atom stereocenters. The molecule has 2 N–H and O–H groups in total. The predicted octanol–water partition coefficient (Wildman–Crippen LogP) is 1.56.